The van der Waals surface area contributed by atoms with Gasteiger partial charge in [-0.25, -0.2) is 8.42 Å². The molecule has 1 heterocycles. The van der Waals surface area contributed by atoms with E-state index in [1.165, 1.54) is 0 Å². The second-order valence-electron chi connectivity index (χ2n) is 2.87. The monoisotopic (exact) mass is 176 g/mol. The number of aliphatic imine (C=N–C) groups is 1. The van der Waals surface area contributed by atoms with E-state index in [1.54, 1.807) is 13.8 Å². The van der Waals surface area contributed by atoms with Gasteiger partial charge in [-0.3, -0.25) is 4.99 Å². The Hall–Kier alpha value is -0.580. The van der Waals surface area contributed by atoms with E-state index in [1.807, 2.05) is 0 Å². The molecular weight excluding hydrogens is 164 g/mol. The van der Waals surface area contributed by atoms with Crippen LogP contribution in [0.5, 0.6) is 0 Å². The zero-order valence-corrected chi connectivity index (χ0v) is 7.43. The molecule has 2 atom stereocenters. The van der Waals surface area contributed by atoms with Crippen molar-refractivity contribution in [1.82, 2.24) is 0 Å². The van der Waals surface area contributed by atoms with E-state index < -0.39 is 15.1 Å². The average molecular weight is 176 g/mol. The molecule has 0 radical (unpaired) electrons. The number of nitrogens with two attached hydrogens (primary N) is 1. The summed E-state index contributed by atoms with van der Waals surface area (Å²) in [4.78, 5) is 3.97. The smallest absolute Gasteiger partial charge is 0.162 e. The van der Waals surface area contributed by atoms with E-state index in [9.17, 15) is 8.42 Å². The van der Waals surface area contributed by atoms with Crippen molar-refractivity contribution in [3.8, 4) is 0 Å². The fourth-order valence-corrected chi connectivity index (χ4v) is 2.53. The number of nitrogens with zero attached hydrogens (tertiary/aromatic N) is 1. The molecule has 1 aliphatic heterocycles. The molecule has 4 nitrogen and oxygen atoms in total. The number of sulfone groups is 1. The van der Waals surface area contributed by atoms with E-state index >= 15 is 0 Å². The van der Waals surface area contributed by atoms with Gasteiger partial charge in [0.25, 0.3) is 0 Å². The molecule has 0 spiro atoms. The van der Waals surface area contributed by atoms with Crippen LogP contribution in [0.1, 0.15) is 13.8 Å². The minimum Gasteiger partial charge on any atom is -0.386 e. The van der Waals surface area contributed by atoms with Gasteiger partial charge in [-0.05, 0) is 13.8 Å². The lowest BCUT2D eigenvalue weighted by Gasteiger charge is -2.20. The Morgan fingerprint density at radius 2 is 2.09 bits per heavy atom. The van der Waals surface area contributed by atoms with Gasteiger partial charge in [-0.1, -0.05) is 0 Å². The average Bonchev–Trinajstić information content (AvgIpc) is 1.81. The lowest BCUT2D eigenvalue weighted by atomic mass is 10.3. The first kappa shape index (κ1) is 8.52. The number of rotatable bonds is 0. The highest BCUT2D eigenvalue weighted by Crippen LogP contribution is 2.12. The summed E-state index contributed by atoms with van der Waals surface area (Å²) in [5.41, 5.74) is 5.42. The van der Waals surface area contributed by atoms with Gasteiger partial charge in [0.1, 0.15) is 11.1 Å². The largest absolute Gasteiger partial charge is 0.386 e. The Labute approximate surface area is 66.4 Å². The van der Waals surface area contributed by atoms with Crippen LogP contribution < -0.4 is 5.73 Å². The number of hydrogen-bond acceptors (Lipinski definition) is 4. The second-order valence-corrected chi connectivity index (χ2v) is 5.24. The van der Waals surface area contributed by atoms with E-state index in [2.05, 4.69) is 4.99 Å². The maximum absolute atomic E-state index is 11.2. The van der Waals surface area contributed by atoms with E-state index in [0.717, 1.165) is 0 Å². The Bertz CT molecular complexity index is 281. The normalized spacial score (nSPS) is 36.4. The molecule has 1 rings (SSSR count). The first-order chi connectivity index (χ1) is 4.93. The third kappa shape index (κ3) is 1.53. The molecule has 64 valence electrons. The van der Waals surface area contributed by atoms with Gasteiger partial charge in [-0.15, -0.1) is 0 Å². The zero-order valence-electron chi connectivity index (χ0n) is 6.61. The summed E-state index contributed by atoms with van der Waals surface area (Å²) in [5, 5.41) is -0.598. The molecule has 2 N–H and O–H groups in total. The minimum absolute atomic E-state index is 0.120. The summed E-state index contributed by atoms with van der Waals surface area (Å²) in [6, 6.07) is -0.184. The standard InChI is InChI=1S/C6H12N2O2S/c1-4-3-11(9,10)5(2)6(7)8-4/h4-5H,3H2,1-2H3,(H2,7,8). The third-order valence-corrected chi connectivity index (χ3v) is 4.06. The quantitative estimate of drug-likeness (QED) is 0.543. The van der Waals surface area contributed by atoms with Crippen molar-refractivity contribution in [2.45, 2.75) is 25.1 Å². The molecule has 0 aliphatic carbocycles. The molecular formula is C6H12N2O2S. The Kier molecular flexibility index (Phi) is 1.92. The Balaban J connectivity index is 3.06. The summed E-state index contributed by atoms with van der Waals surface area (Å²) in [6.45, 7) is 3.32. The summed E-state index contributed by atoms with van der Waals surface area (Å²) in [5.74, 6) is 0.359. The lowest BCUT2D eigenvalue weighted by Crippen LogP contribution is -2.42. The molecule has 0 aromatic rings. The summed E-state index contributed by atoms with van der Waals surface area (Å²) in [6.07, 6.45) is 0. The predicted octanol–water partition coefficient (Wildman–Crippen LogP) is -0.451. The van der Waals surface area contributed by atoms with Crippen LogP contribution in [0.15, 0.2) is 4.99 Å². The Morgan fingerprint density at radius 3 is 2.55 bits per heavy atom. The van der Waals surface area contributed by atoms with E-state index in [4.69, 9.17) is 5.73 Å². The topological polar surface area (TPSA) is 72.5 Å². The van der Waals surface area contributed by atoms with Crippen LogP contribution in [0.25, 0.3) is 0 Å². The summed E-state index contributed by atoms with van der Waals surface area (Å²) < 4.78 is 22.5. The summed E-state index contributed by atoms with van der Waals surface area (Å²) in [7, 11) is -3.02. The fourth-order valence-electron chi connectivity index (χ4n) is 1.06. The van der Waals surface area contributed by atoms with Crippen molar-refractivity contribution in [2.75, 3.05) is 5.75 Å². The zero-order chi connectivity index (χ0) is 8.65. The van der Waals surface area contributed by atoms with Gasteiger partial charge in [0, 0.05) is 0 Å². The van der Waals surface area contributed by atoms with Gasteiger partial charge >= 0.3 is 0 Å². The molecule has 0 bridgehead atoms. The highest BCUT2D eigenvalue weighted by Gasteiger charge is 2.30. The van der Waals surface area contributed by atoms with Crippen molar-refractivity contribution in [2.24, 2.45) is 10.7 Å². The SMILES string of the molecule is CC1CS(=O)(=O)C(C)C(N)=N1. The van der Waals surface area contributed by atoms with Crippen LogP contribution in [0, 0.1) is 0 Å². The molecule has 2 unspecified atom stereocenters. The van der Waals surface area contributed by atoms with Crippen LogP contribution >= 0.6 is 0 Å². The van der Waals surface area contributed by atoms with Gasteiger partial charge in [0.2, 0.25) is 0 Å². The molecule has 0 amide bonds. The van der Waals surface area contributed by atoms with Crippen molar-refractivity contribution < 1.29 is 8.42 Å². The summed E-state index contributed by atoms with van der Waals surface area (Å²) >= 11 is 0. The van der Waals surface area contributed by atoms with Gasteiger partial charge < -0.3 is 5.73 Å². The fraction of sp³-hybridized carbons (Fsp3) is 0.833. The molecule has 0 saturated heterocycles. The molecule has 1 aliphatic rings. The van der Waals surface area contributed by atoms with Gasteiger partial charge in [-0.2, -0.15) is 0 Å². The minimum atomic E-state index is -3.02. The van der Waals surface area contributed by atoms with Crippen molar-refractivity contribution in [3.63, 3.8) is 0 Å². The lowest BCUT2D eigenvalue weighted by molar-refractivity contribution is 0.582. The molecule has 0 saturated carbocycles. The van der Waals surface area contributed by atoms with E-state index in [0.29, 0.717) is 0 Å². The third-order valence-electron chi connectivity index (χ3n) is 1.80. The van der Waals surface area contributed by atoms with Crippen LogP contribution in [0.2, 0.25) is 0 Å². The van der Waals surface area contributed by atoms with Crippen molar-refractivity contribution in [3.05, 3.63) is 0 Å². The highest BCUT2D eigenvalue weighted by molar-refractivity contribution is 7.92. The molecule has 5 heteroatoms. The van der Waals surface area contributed by atoms with Gasteiger partial charge in [0.15, 0.2) is 9.84 Å². The Morgan fingerprint density at radius 1 is 1.55 bits per heavy atom. The predicted molar refractivity (Wildman–Crippen MR) is 44.3 cm³/mol. The van der Waals surface area contributed by atoms with Crippen LogP contribution in [-0.4, -0.2) is 31.3 Å². The maximum Gasteiger partial charge on any atom is 0.162 e. The maximum atomic E-state index is 11.2. The second kappa shape index (κ2) is 2.48. The number of amidine groups is 1. The van der Waals surface area contributed by atoms with Crippen LogP contribution in [0.4, 0.5) is 0 Å². The molecule has 0 aromatic heterocycles. The van der Waals surface area contributed by atoms with Crippen molar-refractivity contribution >= 4 is 15.7 Å². The molecule has 0 fully saturated rings. The van der Waals surface area contributed by atoms with E-state index in [-0.39, 0.29) is 17.6 Å². The molecule has 11 heavy (non-hydrogen) atoms. The first-order valence-corrected chi connectivity index (χ1v) is 5.20. The van der Waals surface area contributed by atoms with Crippen LogP contribution in [-0.2, 0) is 9.84 Å². The highest BCUT2D eigenvalue weighted by atomic mass is 32.2. The molecule has 0 aromatic carbocycles. The van der Waals surface area contributed by atoms with Gasteiger partial charge in [0.05, 0.1) is 11.8 Å². The first-order valence-electron chi connectivity index (χ1n) is 3.48. The van der Waals surface area contributed by atoms with Crippen LogP contribution in [0.3, 0.4) is 0 Å². The number of hydrogen-bond donors (Lipinski definition) is 1. The van der Waals surface area contributed by atoms with Crippen molar-refractivity contribution in [1.29, 1.82) is 0 Å².